The highest BCUT2D eigenvalue weighted by Gasteiger charge is 2.03. The molecule has 0 aromatic heterocycles. The van der Waals surface area contributed by atoms with Crippen molar-refractivity contribution < 1.29 is 19.1 Å². The Balaban J connectivity index is 1.80. The number of nitrogens with zero attached hydrogens (tertiary/aromatic N) is 1. The minimum atomic E-state index is -0.445. The number of benzene rings is 2. The summed E-state index contributed by atoms with van der Waals surface area (Å²) in [6.45, 7) is -0.143. The number of carbonyl (C=O) groups is 2. The first-order chi connectivity index (χ1) is 12.1. The number of nitrogens with one attached hydrogen (secondary N) is 1. The van der Waals surface area contributed by atoms with Crippen LogP contribution in [-0.2, 0) is 20.7 Å². The van der Waals surface area contributed by atoms with Gasteiger partial charge in [-0.2, -0.15) is 5.10 Å². The zero-order valence-corrected chi connectivity index (χ0v) is 15.2. The van der Waals surface area contributed by atoms with Gasteiger partial charge >= 0.3 is 5.97 Å². The fraction of sp³-hybridized carbons (Fsp3) is 0.167. The molecule has 0 bridgehead atoms. The van der Waals surface area contributed by atoms with Gasteiger partial charge in [-0.05, 0) is 47.5 Å². The van der Waals surface area contributed by atoms with Crippen LogP contribution >= 0.6 is 15.9 Å². The Bertz CT molecular complexity index is 743. The second-order valence-electron chi connectivity index (χ2n) is 5.03. The van der Waals surface area contributed by atoms with Crippen molar-refractivity contribution in [1.82, 2.24) is 5.43 Å². The van der Waals surface area contributed by atoms with E-state index in [9.17, 15) is 9.59 Å². The summed E-state index contributed by atoms with van der Waals surface area (Å²) in [5.74, 6) is -0.0995. The van der Waals surface area contributed by atoms with Crippen molar-refractivity contribution in [3.63, 3.8) is 0 Å². The Morgan fingerprint density at radius 2 is 1.80 bits per heavy atom. The Kier molecular flexibility index (Phi) is 7.16. The Morgan fingerprint density at radius 1 is 1.12 bits per heavy atom. The van der Waals surface area contributed by atoms with E-state index < -0.39 is 5.97 Å². The van der Waals surface area contributed by atoms with E-state index in [4.69, 9.17) is 4.74 Å². The Hall–Kier alpha value is -2.67. The minimum Gasteiger partial charge on any atom is -0.482 e. The highest BCUT2D eigenvalue weighted by molar-refractivity contribution is 9.10. The van der Waals surface area contributed by atoms with Crippen molar-refractivity contribution in [3.05, 3.63) is 64.1 Å². The summed E-state index contributed by atoms with van der Waals surface area (Å²) in [6.07, 6.45) is 1.79. The second kappa shape index (κ2) is 9.58. The van der Waals surface area contributed by atoms with Crippen molar-refractivity contribution in [1.29, 1.82) is 0 Å². The van der Waals surface area contributed by atoms with Crippen LogP contribution in [0.25, 0.3) is 0 Å². The fourth-order valence-electron chi connectivity index (χ4n) is 1.86. The van der Waals surface area contributed by atoms with E-state index in [0.717, 1.165) is 15.6 Å². The van der Waals surface area contributed by atoms with E-state index in [1.165, 1.54) is 13.3 Å². The van der Waals surface area contributed by atoms with Crippen LogP contribution in [0.1, 0.15) is 11.1 Å². The van der Waals surface area contributed by atoms with Crippen LogP contribution < -0.4 is 10.2 Å². The first-order valence-electron chi connectivity index (χ1n) is 7.43. The van der Waals surface area contributed by atoms with Crippen molar-refractivity contribution >= 4 is 34.0 Å². The van der Waals surface area contributed by atoms with Gasteiger partial charge in [0.05, 0.1) is 19.7 Å². The normalized spacial score (nSPS) is 10.5. The van der Waals surface area contributed by atoms with E-state index in [-0.39, 0.29) is 18.9 Å². The van der Waals surface area contributed by atoms with Crippen LogP contribution in [0.4, 0.5) is 0 Å². The predicted octanol–water partition coefficient (Wildman–Crippen LogP) is 2.69. The lowest BCUT2D eigenvalue weighted by molar-refractivity contribution is -0.142. The average Bonchev–Trinajstić information content (AvgIpc) is 2.62. The van der Waals surface area contributed by atoms with Gasteiger partial charge in [0.15, 0.2) is 6.61 Å². The van der Waals surface area contributed by atoms with Crippen LogP contribution in [0.5, 0.6) is 5.75 Å². The lowest BCUT2D eigenvalue weighted by Gasteiger charge is -2.04. The highest BCUT2D eigenvalue weighted by Crippen LogP contribution is 2.12. The lowest BCUT2D eigenvalue weighted by atomic mass is 10.1. The molecule has 6 nitrogen and oxygen atoms in total. The largest absolute Gasteiger partial charge is 0.482 e. The first kappa shape index (κ1) is 18.7. The summed E-state index contributed by atoms with van der Waals surface area (Å²) < 4.78 is 10.7. The molecule has 0 saturated heterocycles. The number of esters is 1. The summed E-state index contributed by atoms with van der Waals surface area (Å²) in [4.78, 5) is 22.8. The van der Waals surface area contributed by atoms with E-state index in [2.05, 4.69) is 31.2 Å². The number of methoxy groups -OCH3 is 1. The van der Waals surface area contributed by atoms with Crippen molar-refractivity contribution in [2.24, 2.45) is 5.10 Å². The molecular weight excluding hydrogens is 388 g/mol. The van der Waals surface area contributed by atoms with Gasteiger partial charge in [0, 0.05) is 4.47 Å². The number of rotatable bonds is 7. The van der Waals surface area contributed by atoms with E-state index in [0.29, 0.717) is 5.75 Å². The summed E-state index contributed by atoms with van der Waals surface area (Å²) in [5.41, 5.74) is 4.17. The van der Waals surface area contributed by atoms with Gasteiger partial charge in [-0.25, -0.2) is 10.2 Å². The van der Waals surface area contributed by atoms with Crippen LogP contribution in [-0.4, -0.2) is 31.8 Å². The Labute approximate surface area is 154 Å². The summed E-state index contributed by atoms with van der Waals surface area (Å²) in [6, 6.07) is 14.4. The maximum absolute atomic E-state index is 11.8. The molecule has 0 aliphatic heterocycles. The third-order valence-corrected chi connectivity index (χ3v) is 3.67. The smallest absolute Gasteiger partial charge is 0.343 e. The molecule has 0 aliphatic carbocycles. The molecule has 0 atom stereocenters. The molecule has 0 fully saturated rings. The van der Waals surface area contributed by atoms with Crippen LogP contribution in [0.2, 0.25) is 0 Å². The Morgan fingerprint density at radius 3 is 2.44 bits per heavy atom. The molecule has 2 rings (SSSR count). The van der Waals surface area contributed by atoms with Crippen molar-refractivity contribution in [2.75, 3.05) is 13.7 Å². The molecule has 7 heteroatoms. The molecule has 0 saturated carbocycles. The molecule has 130 valence electrons. The third-order valence-electron chi connectivity index (χ3n) is 3.15. The van der Waals surface area contributed by atoms with Crippen LogP contribution in [0, 0.1) is 0 Å². The predicted molar refractivity (Wildman–Crippen MR) is 97.5 cm³/mol. The third kappa shape index (κ3) is 6.76. The molecule has 0 heterocycles. The maximum atomic E-state index is 11.8. The van der Waals surface area contributed by atoms with Gasteiger partial charge in [-0.1, -0.05) is 28.1 Å². The SMILES string of the molecule is COC(=O)COc1ccc(/C=N/NC(=O)Cc2ccc(Br)cc2)cc1. The zero-order chi connectivity index (χ0) is 18.1. The molecular formula is C18H17BrN2O4. The van der Waals surface area contributed by atoms with E-state index in [1.54, 1.807) is 24.3 Å². The topological polar surface area (TPSA) is 77.0 Å². The van der Waals surface area contributed by atoms with Crippen molar-refractivity contribution in [2.45, 2.75) is 6.42 Å². The standard InChI is InChI=1S/C18H17BrN2O4/c1-24-18(23)12-25-16-8-4-14(5-9-16)11-20-21-17(22)10-13-2-6-15(19)7-3-13/h2-9,11H,10,12H2,1H3,(H,21,22)/b20-11+. The quantitative estimate of drug-likeness (QED) is 0.437. The lowest BCUT2D eigenvalue weighted by Crippen LogP contribution is -2.19. The number of ether oxygens (including phenoxy) is 2. The molecule has 2 aromatic rings. The first-order valence-corrected chi connectivity index (χ1v) is 8.22. The number of hydrogen-bond acceptors (Lipinski definition) is 5. The van der Waals surface area contributed by atoms with Crippen LogP contribution in [0.15, 0.2) is 58.1 Å². The van der Waals surface area contributed by atoms with Gasteiger partial charge < -0.3 is 9.47 Å². The number of hydrazone groups is 1. The molecule has 1 N–H and O–H groups in total. The molecule has 0 spiro atoms. The number of amides is 1. The number of carbonyl (C=O) groups excluding carboxylic acids is 2. The molecule has 1 amide bonds. The number of hydrogen-bond donors (Lipinski definition) is 1. The maximum Gasteiger partial charge on any atom is 0.343 e. The van der Waals surface area contributed by atoms with Crippen LogP contribution in [0.3, 0.4) is 0 Å². The molecule has 2 aromatic carbocycles. The summed E-state index contributed by atoms with van der Waals surface area (Å²) >= 11 is 3.35. The minimum absolute atomic E-state index is 0.143. The van der Waals surface area contributed by atoms with Gasteiger partial charge in [0.2, 0.25) is 5.91 Å². The summed E-state index contributed by atoms with van der Waals surface area (Å²) in [5, 5.41) is 3.92. The number of halogens is 1. The molecule has 0 unspecified atom stereocenters. The molecule has 0 radical (unpaired) electrons. The monoisotopic (exact) mass is 404 g/mol. The van der Waals surface area contributed by atoms with E-state index >= 15 is 0 Å². The average molecular weight is 405 g/mol. The molecule has 0 aliphatic rings. The highest BCUT2D eigenvalue weighted by atomic mass is 79.9. The van der Waals surface area contributed by atoms with Gasteiger partial charge in [-0.3, -0.25) is 4.79 Å². The summed E-state index contributed by atoms with van der Waals surface area (Å²) in [7, 11) is 1.30. The zero-order valence-electron chi connectivity index (χ0n) is 13.6. The van der Waals surface area contributed by atoms with Crippen molar-refractivity contribution in [3.8, 4) is 5.75 Å². The van der Waals surface area contributed by atoms with E-state index in [1.807, 2.05) is 24.3 Å². The van der Waals surface area contributed by atoms with Gasteiger partial charge in [0.1, 0.15) is 5.75 Å². The fourth-order valence-corrected chi connectivity index (χ4v) is 2.12. The molecule has 25 heavy (non-hydrogen) atoms. The second-order valence-corrected chi connectivity index (χ2v) is 5.95. The van der Waals surface area contributed by atoms with Gasteiger partial charge in [-0.15, -0.1) is 0 Å². The van der Waals surface area contributed by atoms with Gasteiger partial charge in [0.25, 0.3) is 0 Å².